The van der Waals surface area contributed by atoms with Crippen LogP contribution in [0.5, 0.6) is 0 Å². The van der Waals surface area contributed by atoms with Crippen molar-refractivity contribution < 1.29 is 14.5 Å². The number of hydrogen-bond acceptors (Lipinski definition) is 4. The average Bonchev–Trinajstić information content (AvgIpc) is 2.87. The number of fused-ring (bicyclic) bond motifs is 1. The summed E-state index contributed by atoms with van der Waals surface area (Å²) in [6.07, 6.45) is 1.69. The third kappa shape index (κ3) is 4.79. The van der Waals surface area contributed by atoms with Crippen LogP contribution in [-0.2, 0) is 16.1 Å². The van der Waals surface area contributed by atoms with Gasteiger partial charge in [-0.1, -0.05) is 0 Å². The minimum Gasteiger partial charge on any atom is -0.350 e. The molecule has 25 heavy (non-hydrogen) atoms. The molecule has 2 amide bonds. The number of carbonyl (C=O) groups excluding carboxylic acids is 2. The molecule has 1 aromatic heterocycles. The molecule has 0 aliphatic carbocycles. The Labute approximate surface area is 145 Å². The molecule has 8 nitrogen and oxygen atoms in total. The fourth-order valence-corrected chi connectivity index (χ4v) is 2.42. The van der Waals surface area contributed by atoms with E-state index in [1.54, 1.807) is 29.8 Å². The van der Waals surface area contributed by atoms with Crippen LogP contribution in [0.15, 0.2) is 30.5 Å². The first kappa shape index (κ1) is 18.4. The number of nitrogens with zero attached hydrogens (tertiary/aromatic N) is 2. The highest BCUT2D eigenvalue weighted by Crippen LogP contribution is 2.21. The minimum absolute atomic E-state index is 0.00201. The Morgan fingerprint density at radius 3 is 2.56 bits per heavy atom. The van der Waals surface area contributed by atoms with Crippen molar-refractivity contribution in [2.75, 3.05) is 0 Å². The van der Waals surface area contributed by atoms with E-state index in [1.807, 2.05) is 20.8 Å². The average molecular weight is 346 g/mol. The molecule has 0 bridgehead atoms. The highest BCUT2D eigenvalue weighted by atomic mass is 16.6. The van der Waals surface area contributed by atoms with Gasteiger partial charge in [0.05, 0.1) is 4.92 Å². The van der Waals surface area contributed by atoms with Gasteiger partial charge in [-0.15, -0.1) is 0 Å². The Hall–Kier alpha value is -2.90. The molecule has 1 heterocycles. The number of amides is 2. The summed E-state index contributed by atoms with van der Waals surface area (Å²) in [5, 5.41) is 17.0. The van der Waals surface area contributed by atoms with Crippen molar-refractivity contribution in [1.82, 2.24) is 15.2 Å². The molecule has 2 N–H and O–H groups in total. The lowest BCUT2D eigenvalue weighted by Gasteiger charge is -2.23. The van der Waals surface area contributed by atoms with Gasteiger partial charge in [-0.3, -0.25) is 19.7 Å². The molecule has 2 rings (SSSR count). The number of nitrogens with one attached hydrogen (secondary N) is 2. The monoisotopic (exact) mass is 346 g/mol. The van der Waals surface area contributed by atoms with E-state index >= 15 is 0 Å². The number of non-ortho nitro benzene ring substituents is 1. The van der Waals surface area contributed by atoms with E-state index in [1.165, 1.54) is 12.1 Å². The summed E-state index contributed by atoms with van der Waals surface area (Å²) in [5.74, 6) is -0.568. The summed E-state index contributed by atoms with van der Waals surface area (Å²) in [7, 11) is 0. The largest absolute Gasteiger partial charge is 0.350 e. The van der Waals surface area contributed by atoms with Crippen LogP contribution >= 0.6 is 0 Å². The molecule has 0 aliphatic heterocycles. The van der Waals surface area contributed by atoms with E-state index in [0.29, 0.717) is 10.9 Å². The molecule has 0 spiro atoms. The fraction of sp³-hybridized carbons (Fsp3) is 0.412. The van der Waals surface area contributed by atoms with E-state index in [-0.39, 0.29) is 29.6 Å². The van der Waals surface area contributed by atoms with Gasteiger partial charge in [0.25, 0.3) is 5.69 Å². The van der Waals surface area contributed by atoms with Gasteiger partial charge in [-0.25, -0.2) is 0 Å². The number of carbonyl (C=O) groups is 2. The van der Waals surface area contributed by atoms with Crippen molar-refractivity contribution in [1.29, 1.82) is 0 Å². The van der Waals surface area contributed by atoms with Crippen LogP contribution < -0.4 is 10.6 Å². The molecular formula is C17H22N4O4. The molecule has 0 saturated carbocycles. The summed E-state index contributed by atoms with van der Waals surface area (Å²) in [4.78, 5) is 34.6. The van der Waals surface area contributed by atoms with Gasteiger partial charge in [-0.2, -0.15) is 0 Å². The lowest BCUT2D eigenvalue weighted by molar-refractivity contribution is -0.384. The van der Waals surface area contributed by atoms with Crippen LogP contribution in [0.3, 0.4) is 0 Å². The second-order valence-electron chi connectivity index (χ2n) is 6.97. The number of benzene rings is 1. The van der Waals surface area contributed by atoms with Crippen molar-refractivity contribution in [3.8, 4) is 0 Å². The quantitative estimate of drug-likeness (QED) is 0.637. The second kappa shape index (κ2) is 6.92. The Morgan fingerprint density at radius 2 is 1.96 bits per heavy atom. The van der Waals surface area contributed by atoms with Gasteiger partial charge in [-0.05, 0) is 39.8 Å². The SMILES string of the molecule is C[C@H](NC(=O)Cn1ccc2cc([N+](=O)[O-])ccc21)C(=O)NC(C)(C)C. The maximum absolute atomic E-state index is 12.2. The molecule has 0 saturated heterocycles. The zero-order valence-corrected chi connectivity index (χ0v) is 14.7. The Balaban J connectivity index is 2.04. The predicted octanol–water partition coefficient (Wildman–Crippen LogP) is 1.97. The van der Waals surface area contributed by atoms with Gasteiger partial charge < -0.3 is 15.2 Å². The highest BCUT2D eigenvalue weighted by Gasteiger charge is 2.21. The third-order valence-electron chi connectivity index (χ3n) is 3.55. The van der Waals surface area contributed by atoms with E-state index < -0.39 is 11.0 Å². The van der Waals surface area contributed by atoms with Crippen molar-refractivity contribution in [3.63, 3.8) is 0 Å². The van der Waals surface area contributed by atoms with Gasteiger partial charge in [0, 0.05) is 34.8 Å². The summed E-state index contributed by atoms with van der Waals surface area (Å²) in [6.45, 7) is 7.24. The standard InChI is InChI=1S/C17H22N4O4/c1-11(16(23)19-17(2,3)4)18-15(22)10-20-8-7-12-9-13(21(24)25)5-6-14(12)20/h5-9,11H,10H2,1-4H3,(H,18,22)(H,19,23)/t11-/m0/s1. The lowest BCUT2D eigenvalue weighted by atomic mass is 10.1. The molecule has 134 valence electrons. The van der Waals surface area contributed by atoms with Crippen LogP contribution in [0.25, 0.3) is 10.9 Å². The lowest BCUT2D eigenvalue weighted by Crippen LogP contribution is -2.51. The second-order valence-corrected chi connectivity index (χ2v) is 6.97. The minimum atomic E-state index is -0.658. The van der Waals surface area contributed by atoms with Gasteiger partial charge >= 0.3 is 0 Å². The number of hydrogen-bond donors (Lipinski definition) is 2. The number of nitro benzene ring substituents is 1. The molecule has 0 fully saturated rings. The molecule has 1 atom stereocenters. The smallest absolute Gasteiger partial charge is 0.270 e. The topological polar surface area (TPSA) is 106 Å². The van der Waals surface area contributed by atoms with Gasteiger partial charge in [0.2, 0.25) is 11.8 Å². The zero-order valence-electron chi connectivity index (χ0n) is 14.7. The summed E-state index contributed by atoms with van der Waals surface area (Å²) in [6, 6.07) is 5.52. The molecule has 0 radical (unpaired) electrons. The third-order valence-corrected chi connectivity index (χ3v) is 3.55. The summed E-state index contributed by atoms with van der Waals surface area (Å²) < 4.78 is 1.68. The number of aromatic nitrogens is 1. The molecule has 0 unspecified atom stereocenters. The highest BCUT2D eigenvalue weighted by molar-refractivity contribution is 5.89. The maximum atomic E-state index is 12.2. The van der Waals surface area contributed by atoms with Crippen molar-refractivity contribution in [2.45, 2.75) is 45.8 Å². The zero-order chi connectivity index (χ0) is 18.8. The Morgan fingerprint density at radius 1 is 1.28 bits per heavy atom. The van der Waals surface area contributed by atoms with Crippen LogP contribution in [0.2, 0.25) is 0 Å². The molecule has 0 aliphatic rings. The number of rotatable bonds is 5. The Bertz CT molecular complexity index is 820. The molecular weight excluding hydrogens is 324 g/mol. The van der Waals surface area contributed by atoms with Crippen LogP contribution in [0.1, 0.15) is 27.7 Å². The molecule has 1 aromatic carbocycles. The Kier molecular flexibility index (Phi) is 5.10. The van der Waals surface area contributed by atoms with Gasteiger partial charge in [0.1, 0.15) is 12.6 Å². The summed E-state index contributed by atoms with van der Waals surface area (Å²) in [5.41, 5.74) is 0.344. The van der Waals surface area contributed by atoms with Crippen LogP contribution in [0.4, 0.5) is 5.69 Å². The first-order chi connectivity index (χ1) is 11.6. The molecule has 8 heteroatoms. The van der Waals surface area contributed by atoms with Crippen molar-refractivity contribution >= 4 is 28.4 Å². The van der Waals surface area contributed by atoms with Crippen LogP contribution in [-0.4, -0.2) is 32.9 Å². The van der Waals surface area contributed by atoms with E-state index in [9.17, 15) is 19.7 Å². The summed E-state index contributed by atoms with van der Waals surface area (Å²) >= 11 is 0. The van der Waals surface area contributed by atoms with E-state index in [2.05, 4.69) is 10.6 Å². The predicted molar refractivity (Wildman–Crippen MR) is 94.1 cm³/mol. The maximum Gasteiger partial charge on any atom is 0.270 e. The normalized spacial score (nSPS) is 12.6. The van der Waals surface area contributed by atoms with Gasteiger partial charge in [0.15, 0.2) is 0 Å². The fourth-order valence-electron chi connectivity index (χ4n) is 2.42. The van der Waals surface area contributed by atoms with Crippen LogP contribution in [0, 0.1) is 10.1 Å². The molecule has 2 aromatic rings. The first-order valence-corrected chi connectivity index (χ1v) is 7.91. The van der Waals surface area contributed by atoms with Crippen molar-refractivity contribution in [3.05, 3.63) is 40.6 Å². The van der Waals surface area contributed by atoms with E-state index in [4.69, 9.17) is 0 Å². The van der Waals surface area contributed by atoms with E-state index in [0.717, 1.165) is 0 Å². The number of nitro groups is 1. The first-order valence-electron chi connectivity index (χ1n) is 7.91. The van der Waals surface area contributed by atoms with Crippen molar-refractivity contribution in [2.24, 2.45) is 0 Å².